The van der Waals surface area contributed by atoms with Gasteiger partial charge in [0.1, 0.15) is 0 Å². The Bertz CT molecular complexity index is 227. The molecule has 1 fully saturated rings. The average molecular weight is 188 g/mol. The molecule has 5 nitrogen and oxygen atoms in total. The summed E-state index contributed by atoms with van der Waals surface area (Å²) in [5.74, 6) is -1.35. The summed E-state index contributed by atoms with van der Waals surface area (Å²) in [5, 5.41) is 9.21. The van der Waals surface area contributed by atoms with Crippen LogP contribution in [-0.4, -0.2) is 35.4 Å². The van der Waals surface area contributed by atoms with Crippen LogP contribution in [0.5, 0.6) is 0 Å². The van der Waals surface area contributed by atoms with E-state index in [1.165, 1.54) is 13.8 Å². The van der Waals surface area contributed by atoms with Crippen molar-refractivity contribution in [2.75, 3.05) is 6.61 Å². The van der Waals surface area contributed by atoms with E-state index in [4.69, 9.17) is 4.74 Å². The van der Waals surface area contributed by atoms with Crippen LogP contribution < -0.4 is 0 Å². The number of carbonyl (C=O) groups excluding carboxylic acids is 2. The highest BCUT2D eigenvalue weighted by Crippen LogP contribution is 2.14. The predicted molar refractivity (Wildman–Crippen MR) is 41.8 cm³/mol. The van der Waals surface area contributed by atoms with Crippen LogP contribution >= 0.6 is 0 Å². The second kappa shape index (κ2) is 3.33. The van der Waals surface area contributed by atoms with E-state index in [0.29, 0.717) is 6.42 Å². The Morgan fingerprint density at radius 2 is 2.31 bits per heavy atom. The average Bonchev–Trinajstić information content (AvgIpc) is 2.34. The number of aliphatic hydroxyl groups is 1. The van der Waals surface area contributed by atoms with Crippen molar-refractivity contribution in [2.45, 2.75) is 32.0 Å². The molecule has 0 spiro atoms. The molecule has 13 heavy (non-hydrogen) atoms. The molecule has 1 aliphatic heterocycles. The molecule has 74 valence electrons. The molecule has 5 heteroatoms. The Hall–Kier alpha value is -1.10. The molecule has 0 aromatic rings. The number of cyclic esters (lactones) is 1. The van der Waals surface area contributed by atoms with Crippen LogP contribution in [0.25, 0.3) is 0 Å². The van der Waals surface area contributed by atoms with Crippen LogP contribution in [0.3, 0.4) is 0 Å². The van der Waals surface area contributed by atoms with Gasteiger partial charge in [-0.15, -0.1) is 0 Å². The molecule has 1 N–H and O–H groups in total. The highest BCUT2D eigenvalue weighted by Gasteiger charge is 2.35. The van der Waals surface area contributed by atoms with Gasteiger partial charge in [0.05, 0.1) is 6.61 Å². The molecule has 0 bridgehead atoms. The summed E-state index contributed by atoms with van der Waals surface area (Å²) >= 11 is 0. The first-order valence-electron chi connectivity index (χ1n) is 4.01. The minimum Gasteiger partial charge on any atom is -0.463 e. The van der Waals surface area contributed by atoms with Crippen molar-refractivity contribution in [3.05, 3.63) is 0 Å². The standard InChI is InChI=1S/C8H12O5/c1-8(2,11)7(10)13-5-3-4-12-6(5)9/h5,11H,3-4H2,1-2H3. The fourth-order valence-corrected chi connectivity index (χ4v) is 0.858. The van der Waals surface area contributed by atoms with Crippen LogP contribution in [0.1, 0.15) is 20.3 Å². The lowest BCUT2D eigenvalue weighted by atomic mass is 10.1. The SMILES string of the molecule is CC(C)(O)C(=O)OC1CCOC1=O. The normalized spacial score (nSPS) is 22.7. The first-order chi connectivity index (χ1) is 5.91. The van der Waals surface area contributed by atoms with Crippen molar-refractivity contribution < 1.29 is 24.2 Å². The molecule has 0 aromatic heterocycles. The second-order valence-corrected chi connectivity index (χ2v) is 3.41. The summed E-state index contributed by atoms with van der Waals surface area (Å²) < 4.78 is 9.31. The molecular weight excluding hydrogens is 176 g/mol. The maximum atomic E-state index is 11.1. The quantitative estimate of drug-likeness (QED) is 0.598. The van der Waals surface area contributed by atoms with Crippen LogP contribution in [0.15, 0.2) is 0 Å². The molecule has 1 aliphatic rings. The number of rotatable bonds is 2. The smallest absolute Gasteiger partial charge is 0.347 e. The van der Waals surface area contributed by atoms with Gasteiger partial charge in [0.15, 0.2) is 5.60 Å². The Morgan fingerprint density at radius 1 is 1.69 bits per heavy atom. The zero-order chi connectivity index (χ0) is 10.1. The van der Waals surface area contributed by atoms with Crippen molar-refractivity contribution in [3.8, 4) is 0 Å². The molecule has 0 saturated carbocycles. The lowest BCUT2D eigenvalue weighted by Crippen LogP contribution is -2.37. The van der Waals surface area contributed by atoms with E-state index in [1.54, 1.807) is 0 Å². The highest BCUT2D eigenvalue weighted by molar-refractivity contribution is 5.83. The lowest BCUT2D eigenvalue weighted by Gasteiger charge is -2.17. The summed E-state index contributed by atoms with van der Waals surface area (Å²) in [5.41, 5.74) is -1.57. The van der Waals surface area contributed by atoms with Gasteiger partial charge in [-0.25, -0.2) is 9.59 Å². The first-order valence-corrected chi connectivity index (χ1v) is 4.01. The number of esters is 2. The molecular formula is C8H12O5. The molecule has 1 heterocycles. The monoisotopic (exact) mass is 188 g/mol. The van der Waals surface area contributed by atoms with Gasteiger partial charge in [-0.2, -0.15) is 0 Å². The fraction of sp³-hybridized carbons (Fsp3) is 0.750. The third-order valence-electron chi connectivity index (χ3n) is 1.64. The van der Waals surface area contributed by atoms with E-state index in [-0.39, 0.29) is 6.61 Å². The van der Waals surface area contributed by atoms with Gasteiger partial charge in [-0.05, 0) is 13.8 Å². The highest BCUT2D eigenvalue weighted by atomic mass is 16.6. The van der Waals surface area contributed by atoms with E-state index in [1.807, 2.05) is 0 Å². The third kappa shape index (κ3) is 2.42. The number of hydrogen-bond donors (Lipinski definition) is 1. The molecule has 0 radical (unpaired) electrons. The van der Waals surface area contributed by atoms with E-state index in [9.17, 15) is 14.7 Å². The summed E-state index contributed by atoms with van der Waals surface area (Å²) in [7, 11) is 0. The largest absolute Gasteiger partial charge is 0.463 e. The van der Waals surface area contributed by atoms with Gasteiger partial charge in [0.25, 0.3) is 0 Å². The molecule has 1 atom stereocenters. The third-order valence-corrected chi connectivity index (χ3v) is 1.64. The number of hydrogen-bond acceptors (Lipinski definition) is 5. The van der Waals surface area contributed by atoms with E-state index < -0.39 is 23.6 Å². The van der Waals surface area contributed by atoms with Gasteiger partial charge >= 0.3 is 11.9 Å². The molecule has 1 rings (SSSR count). The van der Waals surface area contributed by atoms with Crippen molar-refractivity contribution >= 4 is 11.9 Å². The minimum atomic E-state index is -1.57. The second-order valence-electron chi connectivity index (χ2n) is 3.41. The fourth-order valence-electron chi connectivity index (χ4n) is 0.858. The summed E-state index contributed by atoms with van der Waals surface area (Å²) in [6, 6.07) is 0. The van der Waals surface area contributed by atoms with Crippen molar-refractivity contribution in [2.24, 2.45) is 0 Å². The summed E-state index contributed by atoms with van der Waals surface area (Å²) in [6.45, 7) is 2.87. The summed E-state index contributed by atoms with van der Waals surface area (Å²) in [6.07, 6.45) is -0.486. The van der Waals surface area contributed by atoms with E-state index >= 15 is 0 Å². The zero-order valence-electron chi connectivity index (χ0n) is 7.57. The maximum absolute atomic E-state index is 11.1. The van der Waals surface area contributed by atoms with Crippen molar-refractivity contribution in [1.29, 1.82) is 0 Å². The Morgan fingerprint density at radius 3 is 2.69 bits per heavy atom. The van der Waals surface area contributed by atoms with Crippen molar-refractivity contribution in [3.63, 3.8) is 0 Å². The molecule has 1 unspecified atom stereocenters. The Balaban J connectivity index is 2.49. The molecule has 1 saturated heterocycles. The number of ether oxygens (including phenoxy) is 2. The van der Waals surface area contributed by atoms with Gasteiger partial charge < -0.3 is 14.6 Å². The van der Waals surface area contributed by atoms with Crippen LogP contribution in [0.4, 0.5) is 0 Å². The maximum Gasteiger partial charge on any atom is 0.347 e. The Kier molecular flexibility index (Phi) is 2.56. The van der Waals surface area contributed by atoms with Gasteiger partial charge in [0, 0.05) is 6.42 Å². The molecule has 0 amide bonds. The van der Waals surface area contributed by atoms with Gasteiger partial charge in [0.2, 0.25) is 6.10 Å². The number of carbonyl (C=O) groups is 2. The minimum absolute atomic E-state index is 0.267. The van der Waals surface area contributed by atoms with Crippen LogP contribution in [0.2, 0.25) is 0 Å². The molecule has 0 aromatic carbocycles. The predicted octanol–water partition coefficient (Wildman–Crippen LogP) is -0.384. The van der Waals surface area contributed by atoms with Crippen molar-refractivity contribution in [1.82, 2.24) is 0 Å². The van der Waals surface area contributed by atoms with Crippen LogP contribution in [-0.2, 0) is 19.1 Å². The molecule has 0 aliphatic carbocycles. The van der Waals surface area contributed by atoms with E-state index in [0.717, 1.165) is 0 Å². The topological polar surface area (TPSA) is 72.8 Å². The van der Waals surface area contributed by atoms with E-state index in [2.05, 4.69) is 4.74 Å². The first kappa shape index (κ1) is 9.98. The van der Waals surface area contributed by atoms with Crippen LogP contribution in [0, 0.1) is 0 Å². The lowest BCUT2D eigenvalue weighted by molar-refractivity contribution is -0.172. The Labute approximate surface area is 75.6 Å². The summed E-state index contributed by atoms with van der Waals surface area (Å²) in [4.78, 5) is 21.9. The van der Waals surface area contributed by atoms with Gasteiger partial charge in [-0.1, -0.05) is 0 Å². The van der Waals surface area contributed by atoms with Gasteiger partial charge in [-0.3, -0.25) is 0 Å². The zero-order valence-corrected chi connectivity index (χ0v) is 7.57.